The Hall–Kier alpha value is -1.09. The average Bonchev–Trinajstić information content (AvgIpc) is 2.55. The van der Waals surface area contributed by atoms with Gasteiger partial charge in [0.25, 0.3) is 0 Å². The SMILES string of the molecule is O=C(OCCCCC(O)C1=CCCCC1)C1=CCCCC1. The van der Waals surface area contributed by atoms with E-state index in [9.17, 15) is 9.90 Å². The van der Waals surface area contributed by atoms with E-state index in [4.69, 9.17) is 4.74 Å². The number of rotatable bonds is 7. The number of unbranched alkanes of at least 4 members (excludes halogenated alkanes) is 1. The maximum atomic E-state index is 11.8. The number of hydrogen-bond acceptors (Lipinski definition) is 3. The third-order valence-electron chi connectivity index (χ3n) is 4.41. The van der Waals surface area contributed by atoms with Crippen LogP contribution in [0.3, 0.4) is 0 Å². The van der Waals surface area contributed by atoms with Gasteiger partial charge in [-0.3, -0.25) is 0 Å². The molecule has 1 unspecified atom stereocenters. The van der Waals surface area contributed by atoms with Gasteiger partial charge < -0.3 is 9.84 Å². The Morgan fingerprint density at radius 3 is 2.52 bits per heavy atom. The molecule has 21 heavy (non-hydrogen) atoms. The van der Waals surface area contributed by atoms with Crippen LogP contribution in [0.4, 0.5) is 0 Å². The third-order valence-corrected chi connectivity index (χ3v) is 4.41. The molecule has 0 heterocycles. The van der Waals surface area contributed by atoms with Crippen molar-refractivity contribution in [2.45, 2.75) is 76.7 Å². The summed E-state index contributed by atoms with van der Waals surface area (Å²) in [6.07, 6.45) is 15.2. The van der Waals surface area contributed by atoms with E-state index < -0.39 is 0 Å². The van der Waals surface area contributed by atoms with Gasteiger partial charge in [-0.05, 0) is 76.2 Å². The monoisotopic (exact) mass is 292 g/mol. The summed E-state index contributed by atoms with van der Waals surface area (Å²) >= 11 is 0. The van der Waals surface area contributed by atoms with Crippen LogP contribution in [-0.4, -0.2) is 23.8 Å². The van der Waals surface area contributed by atoms with Crippen LogP contribution in [0.5, 0.6) is 0 Å². The van der Waals surface area contributed by atoms with Gasteiger partial charge in [-0.25, -0.2) is 4.79 Å². The molecule has 2 aliphatic carbocycles. The van der Waals surface area contributed by atoms with Gasteiger partial charge in [-0.15, -0.1) is 0 Å². The van der Waals surface area contributed by atoms with Crippen LogP contribution in [0.1, 0.15) is 70.6 Å². The minimum absolute atomic E-state index is 0.134. The zero-order chi connectivity index (χ0) is 14.9. The average molecular weight is 292 g/mol. The van der Waals surface area contributed by atoms with Gasteiger partial charge in [0.1, 0.15) is 0 Å². The molecule has 1 N–H and O–H groups in total. The van der Waals surface area contributed by atoms with Crippen LogP contribution in [0, 0.1) is 0 Å². The Morgan fingerprint density at radius 1 is 1.10 bits per heavy atom. The quantitative estimate of drug-likeness (QED) is 0.437. The van der Waals surface area contributed by atoms with Crippen molar-refractivity contribution in [2.75, 3.05) is 6.61 Å². The molecule has 0 bridgehead atoms. The highest BCUT2D eigenvalue weighted by molar-refractivity contribution is 5.88. The summed E-state index contributed by atoms with van der Waals surface area (Å²) in [4.78, 5) is 11.8. The minimum Gasteiger partial charge on any atom is -0.462 e. The Bertz CT molecular complexity index is 395. The second kappa shape index (κ2) is 9.04. The van der Waals surface area contributed by atoms with Gasteiger partial charge in [0.2, 0.25) is 0 Å². The van der Waals surface area contributed by atoms with E-state index in [-0.39, 0.29) is 12.1 Å². The summed E-state index contributed by atoms with van der Waals surface area (Å²) < 4.78 is 5.31. The van der Waals surface area contributed by atoms with Crippen molar-refractivity contribution in [3.63, 3.8) is 0 Å². The molecule has 0 fully saturated rings. The van der Waals surface area contributed by atoms with Crippen LogP contribution < -0.4 is 0 Å². The lowest BCUT2D eigenvalue weighted by Crippen LogP contribution is -2.14. The van der Waals surface area contributed by atoms with E-state index in [1.807, 2.05) is 6.08 Å². The lowest BCUT2D eigenvalue weighted by molar-refractivity contribution is -0.139. The number of ether oxygens (including phenoxy) is 1. The maximum absolute atomic E-state index is 11.8. The molecule has 0 amide bonds. The third kappa shape index (κ3) is 5.66. The first-order chi connectivity index (χ1) is 10.3. The van der Waals surface area contributed by atoms with Crippen molar-refractivity contribution in [1.29, 1.82) is 0 Å². The fourth-order valence-corrected chi connectivity index (χ4v) is 3.07. The van der Waals surface area contributed by atoms with Gasteiger partial charge in [0.15, 0.2) is 0 Å². The van der Waals surface area contributed by atoms with Crippen molar-refractivity contribution in [3.8, 4) is 0 Å². The van der Waals surface area contributed by atoms with Crippen LogP contribution >= 0.6 is 0 Å². The molecule has 2 aliphatic rings. The maximum Gasteiger partial charge on any atom is 0.333 e. The topological polar surface area (TPSA) is 46.5 Å². The van der Waals surface area contributed by atoms with Crippen LogP contribution in [-0.2, 0) is 9.53 Å². The van der Waals surface area contributed by atoms with Crippen molar-refractivity contribution >= 4 is 5.97 Å². The Balaban J connectivity index is 1.56. The van der Waals surface area contributed by atoms with E-state index in [0.717, 1.165) is 56.9 Å². The van der Waals surface area contributed by atoms with E-state index in [0.29, 0.717) is 6.61 Å². The molecule has 0 saturated heterocycles. The van der Waals surface area contributed by atoms with Crippen molar-refractivity contribution < 1.29 is 14.6 Å². The highest BCUT2D eigenvalue weighted by Gasteiger charge is 2.14. The molecule has 118 valence electrons. The fraction of sp³-hybridized carbons (Fsp3) is 0.722. The second-order valence-electron chi connectivity index (χ2n) is 6.15. The molecule has 2 rings (SSSR count). The number of esters is 1. The minimum atomic E-state index is -0.290. The van der Waals surface area contributed by atoms with Gasteiger partial charge in [0.05, 0.1) is 12.7 Å². The molecule has 0 aromatic rings. The Morgan fingerprint density at radius 2 is 1.86 bits per heavy atom. The van der Waals surface area contributed by atoms with Gasteiger partial charge >= 0.3 is 5.97 Å². The summed E-state index contributed by atoms with van der Waals surface area (Å²) in [5.41, 5.74) is 2.07. The predicted molar refractivity (Wildman–Crippen MR) is 83.9 cm³/mol. The fourth-order valence-electron chi connectivity index (χ4n) is 3.07. The highest BCUT2D eigenvalue weighted by Crippen LogP contribution is 2.23. The number of hydrogen-bond donors (Lipinski definition) is 1. The largest absolute Gasteiger partial charge is 0.462 e. The molecule has 3 heteroatoms. The first-order valence-electron chi connectivity index (χ1n) is 8.50. The van der Waals surface area contributed by atoms with E-state index in [1.54, 1.807) is 0 Å². The smallest absolute Gasteiger partial charge is 0.333 e. The molecule has 0 radical (unpaired) electrons. The summed E-state index contributed by atoms with van der Waals surface area (Å²) in [5.74, 6) is -0.134. The molecule has 0 spiro atoms. The van der Waals surface area contributed by atoms with Crippen LogP contribution in [0.25, 0.3) is 0 Å². The number of aliphatic hydroxyl groups is 1. The van der Waals surface area contributed by atoms with Gasteiger partial charge in [0, 0.05) is 5.57 Å². The molecule has 0 aromatic carbocycles. The summed E-state index contributed by atoms with van der Waals surface area (Å²) in [6, 6.07) is 0. The number of carbonyl (C=O) groups excluding carboxylic acids is 1. The standard InChI is InChI=1S/C18H28O3/c19-17(15-9-3-1-4-10-15)13-7-8-14-21-18(20)16-11-5-2-6-12-16/h9,11,17,19H,1-8,10,12-14H2. The predicted octanol–water partition coefficient (Wildman–Crippen LogP) is 4.06. The zero-order valence-corrected chi connectivity index (χ0v) is 13.0. The molecule has 1 atom stereocenters. The van der Waals surface area contributed by atoms with E-state index in [1.165, 1.54) is 24.8 Å². The lowest BCUT2D eigenvalue weighted by Gasteiger charge is -2.18. The number of aliphatic hydroxyl groups excluding tert-OH is 1. The van der Waals surface area contributed by atoms with Crippen molar-refractivity contribution in [1.82, 2.24) is 0 Å². The lowest BCUT2D eigenvalue weighted by atomic mass is 9.93. The normalized spacial score (nSPS) is 20.4. The van der Waals surface area contributed by atoms with Gasteiger partial charge in [-0.1, -0.05) is 12.2 Å². The van der Waals surface area contributed by atoms with E-state index >= 15 is 0 Å². The van der Waals surface area contributed by atoms with Crippen LogP contribution in [0.15, 0.2) is 23.3 Å². The Kier molecular flexibility index (Phi) is 7.01. The molecule has 0 aromatic heterocycles. The Labute approximate surface area is 128 Å². The van der Waals surface area contributed by atoms with Crippen LogP contribution in [0.2, 0.25) is 0 Å². The first kappa shape index (κ1) is 16.3. The van der Waals surface area contributed by atoms with E-state index in [2.05, 4.69) is 6.08 Å². The van der Waals surface area contributed by atoms with Gasteiger partial charge in [-0.2, -0.15) is 0 Å². The van der Waals surface area contributed by atoms with Crippen molar-refractivity contribution in [3.05, 3.63) is 23.3 Å². The number of allylic oxidation sites excluding steroid dienone is 2. The summed E-state index contributed by atoms with van der Waals surface area (Å²) in [7, 11) is 0. The molecule has 0 saturated carbocycles. The zero-order valence-electron chi connectivity index (χ0n) is 13.0. The second-order valence-corrected chi connectivity index (χ2v) is 6.15. The first-order valence-corrected chi connectivity index (χ1v) is 8.50. The molecular weight excluding hydrogens is 264 g/mol. The summed E-state index contributed by atoms with van der Waals surface area (Å²) in [6.45, 7) is 0.474. The molecular formula is C18H28O3. The number of carbonyl (C=O) groups is 1. The molecule has 3 nitrogen and oxygen atoms in total. The summed E-state index contributed by atoms with van der Waals surface area (Å²) in [5, 5.41) is 10.1. The highest BCUT2D eigenvalue weighted by atomic mass is 16.5. The van der Waals surface area contributed by atoms with Crippen molar-refractivity contribution in [2.24, 2.45) is 0 Å². The molecule has 0 aliphatic heterocycles.